The number of rotatable bonds is 3. The molecule has 0 spiro atoms. The predicted octanol–water partition coefficient (Wildman–Crippen LogP) is 1.14. The van der Waals surface area contributed by atoms with Crippen LogP contribution in [0.5, 0.6) is 0 Å². The summed E-state index contributed by atoms with van der Waals surface area (Å²) in [6.07, 6.45) is 1.30. The zero-order valence-corrected chi connectivity index (χ0v) is 10.8. The molecule has 1 rings (SSSR count). The van der Waals surface area contributed by atoms with Crippen LogP contribution in [-0.2, 0) is 4.79 Å². The number of carbonyl (C=O) groups is 2. The lowest BCUT2D eigenvalue weighted by Crippen LogP contribution is -2.48. The molecule has 1 unspecified atom stereocenters. The maximum absolute atomic E-state index is 12.1. The number of carbonyl (C=O) groups excluding carboxylic acids is 1. The monoisotopic (exact) mass is 253 g/mol. The van der Waals surface area contributed by atoms with Crippen LogP contribution in [0.4, 0.5) is 4.79 Å². The molecule has 1 saturated heterocycles. The number of piperidine rings is 1. The van der Waals surface area contributed by atoms with E-state index in [0.29, 0.717) is 32.4 Å². The quantitative estimate of drug-likeness (QED) is 0.817. The molecule has 2 amide bonds. The molecule has 1 aliphatic rings. The summed E-state index contributed by atoms with van der Waals surface area (Å²) in [4.78, 5) is 26.1. The first kappa shape index (κ1) is 14.3. The Balaban J connectivity index is 2.50. The van der Waals surface area contributed by atoms with Gasteiger partial charge < -0.3 is 14.9 Å². The lowest BCUT2D eigenvalue weighted by Gasteiger charge is -2.35. The molecule has 1 atom stereocenters. The first-order valence-electron chi connectivity index (χ1n) is 6.08. The van der Waals surface area contributed by atoms with E-state index in [2.05, 4.69) is 0 Å². The highest BCUT2D eigenvalue weighted by atomic mass is 16.4. The molecular formula is C12H19N3O3. The van der Waals surface area contributed by atoms with Gasteiger partial charge in [0.25, 0.3) is 0 Å². The van der Waals surface area contributed by atoms with Gasteiger partial charge in [-0.15, -0.1) is 0 Å². The van der Waals surface area contributed by atoms with Gasteiger partial charge in [-0.3, -0.25) is 4.79 Å². The molecule has 0 bridgehead atoms. The van der Waals surface area contributed by atoms with E-state index in [4.69, 9.17) is 10.4 Å². The van der Waals surface area contributed by atoms with E-state index < -0.39 is 5.97 Å². The topological polar surface area (TPSA) is 84.6 Å². The summed E-state index contributed by atoms with van der Waals surface area (Å²) < 4.78 is 0. The number of likely N-dealkylation sites (tertiary alicyclic amines) is 1. The van der Waals surface area contributed by atoms with Crippen LogP contribution in [0.25, 0.3) is 0 Å². The molecule has 0 aromatic carbocycles. The maximum atomic E-state index is 12.1. The van der Waals surface area contributed by atoms with Gasteiger partial charge in [-0.05, 0) is 19.8 Å². The normalized spacial score (nSPS) is 17.9. The van der Waals surface area contributed by atoms with Crippen LogP contribution in [0.1, 0.15) is 26.2 Å². The number of aliphatic carboxylic acids is 1. The average Bonchev–Trinajstić information content (AvgIpc) is 2.37. The van der Waals surface area contributed by atoms with E-state index in [1.807, 2.05) is 13.0 Å². The van der Waals surface area contributed by atoms with Crippen LogP contribution in [0.3, 0.4) is 0 Å². The van der Waals surface area contributed by atoms with Gasteiger partial charge in [0, 0.05) is 26.2 Å². The van der Waals surface area contributed by atoms with Crippen LogP contribution < -0.4 is 0 Å². The molecule has 100 valence electrons. The van der Waals surface area contributed by atoms with Crippen molar-refractivity contribution in [2.75, 3.05) is 20.1 Å². The van der Waals surface area contributed by atoms with Gasteiger partial charge in [0.15, 0.2) is 0 Å². The van der Waals surface area contributed by atoms with Gasteiger partial charge in [-0.25, -0.2) is 4.79 Å². The number of amides is 2. The number of nitrogens with zero attached hydrogens (tertiary/aromatic N) is 3. The third-order valence-corrected chi connectivity index (χ3v) is 3.46. The third kappa shape index (κ3) is 3.36. The summed E-state index contributed by atoms with van der Waals surface area (Å²) in [6.45, 7) is 2.77. The highest BCUT2D eigenvalue weighted by Gasteiger charge is 2.29. The summed E-state index contributed by atoms with van der Waals surface area (Å²) in [5, 5.41) is 17.5. The minimum Gasteiger partial charge on any atom is -0.481 e. The predicted molar refractivity (Wildman–Crippen MR) is 64.8 cm³/mol. The number of nitriles is 1. The number of carboxylic acid groups (broad SMARTS) is 1. The van der Waals surface area contributed by atoms with Crippen molar-refractivity contribution in [3.05, 3.63) is 0 Å². The second-order valence-corrected chi connectivity index (χ2v) is 4.70. The van der Waals surface area contributed by atoms with Gasteiger partial charge in [0.2, 0.25) is 0 Å². The number of hydrogen-bond donors (Lipinski definition) is 1. The minimum atomic E-state index is -0.784. The maximum Gasteiger partial charge on any atom is 0.320 e. The lowest BCUT2D eigenvalue weighted by molar-refractivity contribution is -0.143. The molecule has 1 fully saturated rings. The molecule has 1 heterocycles. The Labute approximate surface area is 107 Å². The van der Waals surface area contributed by atoms with E-state index in [0.717, 1.165) is 0 Å². The SMILES string of the molecule is CC(CC#N)N(C)C(=O)N1CCC(C(=O)O)CC1. The number of carboxylic acids is 1. The van der Waals surface area contributed by atoms with Gasteiger partial charge in [-0.1, -0.05) is 0 Å². The van der Waals surface area contributed by atoms with Crippen molar-refractivity contribution in [1.29, 1.82) is 5.26 Å². The fourth-order valence-electron chi connectivity index (χ4n) is 2.00. The van der Waals surface area contributed by atoms with Gasteiger partial charge in [-0.2, -0.15) is 5.26 Å². The van der Waals surface area contributed by atoms with E-state index in [9.17, 15) is 9.59 Å². The van der Waals surface area contributed by atoms with Crippen molar-refractivity contribution < 1.29 is 14.7 Å². The van der Waals surface area contributed by atoms with Crippen molar-refractivity contribution in [1.82, 2.24) is 9.80 Å². The highest BCUT2D eigenvalue weighted by molar-refractivity contribution is 5.75. The molecule has 0 aromatic rings. The van der Waals surface area contributed by atoms with Gasteiger partial charge in [0.1, 0.15) is 0 Å². The summed E-state index contributed by atoms with van der Waals surface area (Å²) in [7, 11) is 1.67. The number of urea groups is 1. The summed E-state index contributed by atoms with van der Waals surface area (Å²) in [5.74, 6) is -1.12. The largest absolute Gasteiger partial charge is 0.481 e. The summed E-state index contributed by atoms with van der Waals surface area (Å²) in [5.41, 5.74) is 0. The Bertz CT molecular complexity index is 356. The van der Waals surface area contributed by atoms with Crippen LogP contribution in [-0.4, -0.2) is 53.1 Å². The molecule has 0 aliphatic carbocycles. The standard InChI is InChI=1S/C12H19N3O3/c1-9(3-6-13)14(2)12(18)15-7-4-10(5-8-15)11(16)17/h9-10H,3-5,7-8H2,1-2H3,(H,16,17). The molecule has 1 N–H and O–H groups in total. The van der Waals surface area contributed by atoms with Gasteiger partial charge >= 0.3 is 12.0 Å². The molecule has 1 aliphatic heterocycles. The van der Waals surface area contributed by atoms with Crippen molar-refractivity contribution in [3.63, 3.8) is 0 Å². The van der Waals surface area contributed by atoms with Gasteiger partial charge in [0.05, 0.1) is 18.4 Å². The molecule has 6 nitrogen and oxygen atoms in total. The smallest absolute Gasteiger partial charge is 0.320 e. The van der Waals surface area contributed by atoms with Crippen molar-refractivity contribution in [2.45, 2.75) is 32.2 Å². The molecule has 0 saturated carbocycles. The third-order valence-electron chi connectivity index (χ3n) is 3.46. The zero-order valence-electron chi connectivity index (χ0n) is 10.8. The summed E-state index contributed by atoms with van der Waals surface area (Å²) >= 11 is 0. The first-order valence-corrected chi connectivity index (χ1v) is 6.08. The molecular weight excluding hydrogens is 234 g/mol. The van der Waals surface area contributed by atoms with E-state index in [1.54, 1.807) is 16.8 Å². The first-order chi connectivity index (χ1) is 8.47. The Morgan fingerprint density at radius 1 is 1.50 bits per heavy atom. The van der Waals surface area contributed by atoms with Crippen LogP contribution >= 0.6 is 0 Å². The second kappa shape index (κ2) is 6.24. The van der Waals surface area contributed by atoms with E-state index >= 15 is 0 Å². The zero-order chi connectivity index (χ0) is 13.7. The Morgan fingerprint density at radius 3 is 2.50 bits per heavy atom. The highest BCUT2D eigenvalue weighted by Crippen LogP contribution is 2.18. The average molecular weight is 253 g/mol. The van der Waals surface area contributed by atoms with Crippen LogP contribution in [0, 0.1) is 17.2 Å². The molecule has 0 aromatic heterocycles. The molecule has 18 heavy (non-hydrogen) atoms. The van der Waals surface area contributed by atoms with Crippen LogP contribution in [0.15, 0.2) is 0 Å². The van der Waals surface area contributed by atoms with E-state index in [-0.39, 0.29) is 18.0 Å². The Hall–Kier alpha value is -1.77. The Morgan fingerprint density at radius 2 is 2.06 bits per heavy atom. The summed E-state index contributed by atoms with van der Waals surface area (Å²) in [6, 6.07) is 1.79. The van der Waals surface area contributed by atoms with Crippen molar-refractivity contribution in [2.24, 2.45) is 5.92 Å². The van der Waals surface area contributed by atoms with E-state index in [1.165, 1.54) is 0 Å². The minimum absolute atomic E-state index is 0.124. The fourth-order valence-corrected chi connectivity index (χ4v) is 2.00. The number of hydrogen-bond acceptors (Lipinski definition) is 3. The fraction of sp³-hybridized carbons (Fsp3) is 0.750. The second-order valence-electron chi connectivity index (χ2n) is 4.70. The van der Waals surface area contributed by atoms with Crippen molar-refractivity contribution in [3.8, 4) is 6.07 Å². The molecule has 6 heteroatoms. The Kier molecular flexibility index (Phi) is 4.95. The molecule has 0 radical (unpaired) electrons. The van der Waals surface area contributed by atoms with Crippen LogP contribution in [0.2, 0.25) is 0 Å². The van der Waals surface area contributed by atoms with Crippen molar-refractivity contribution >= 4 is 12.0 Å². The lowest BCUT2D eigenvalue weighted by atomic mass is 9.97.